The number of hydrogen-bond acceptors (Lipinski definition) is 6. The topological polar surface area (TPSA) is 137 Å². The molecule has 0 bridgehead atoms. The van der Waals surface area contributed by atoms with Gasteiger partial charge in [-0.1, -0.05) is 12.1 Å². The van der Waals surface area contributed by atoms with Gasteiger partial charge in [0.15, 0.2) is 0 Å². The van der Waals surface area contributed by atoms with Crippen molar-refractivity contribution in [3.05, 3.63) is 41.6 Å². The summed E-state index contributed by atoms with van der Waals surface area (Å²) in [5.41, 5.74) is 0.728. The molecule has 0 aliphatic carbocycles. The number of piperazine rings is 1. The molecule has 1 fully saturated rings. The maximum absolute atomic E-state index is 12.4. The summed E-state index contributed by atoms with van der Waals surface area (Å²) in [6, 6.07) is 7.84. The van der Waals surface area contributed by atoms with Crippen molar-refractivity contribution >= 4 is 21.8 Å². The molecule has 1 heterocycles. The number of sulfonamides is 1. The van der Waals surface area contributed by atoms with Gasteiger partial charge in [-0.25, -0.2) is 13.6 Å². The number of rotatable bonds is 5. The molecule has 1 saturated heterocycles. The second-order valence-electron chi connectivity index (χ2n) is 6.04. The van der Waals surface area contributed by atoms with Crippen molar-refractivity contribution in [3.8, 4) is 6.07 Å². The molecule has 2 rings (SSSR count). The van der Waals surface area contributed by atoms with Gasteiger partial charge in [0.1, 0.15) is 11.6 Å². The molecule has 0 aromatic heterocycles. The molecular weight excluding hydrogens is 370 g/mol. The zero-order valence-electron chi connectivity index (χ0n) is 14.9. The molecular formula is C17H21N5O4S. The third-order valence-electron chi connectivity index (χ3n) is 4.17. The van der Waals surface area contributed by atoms with Crippen molar-refractivity contribution < 1.29 is 18.0 Å². The number of hydrogen-bond donors (Lipinski definition) is 2. The van der Waals surface area contributed by atoms with Crippen LogP contribution >= 0.6 is 0 Å². The molecule has 9 nitrogen and oxygen atoms in total. The molecule has 1 aliphatic rings. The lowest BCUT2D eigenvalue weighted by atomic mass is 10.2. The Morgan fingerprint density at radius 3 is 2.22 bits per heavy atom. The van der Waals surface area contributed by atoms with E-state index in [1.165, 1.54) is 30.2 Å². The first-order valence-electron chi connectivity index (χ1n) is 8.22. The van der Waals surface area contributed by atoms with Crippen LogP contribution in [0.3, 0.4) is 0 Å². The van der Waals surface area contributed by atoms with Gasteiger partial charge in [-0.15, -0.1) is 0 Å². The Hall–Kier alpha value is -2.90. The lowest BCUT2D eigenvalue weighted by Crippen LogP contribution is -2.50. The number of benzene rings is 1. The quantitative estimate of drug-likeness (QED) is 0.514. The standard InChI is InChI=1S/C17H21N5O4S/c1-13(23)21-6-8-22(9-7-21)17(24)15(10-18)12-20-11-14-2-4-16(5-3-14)27(19,25)26/h2-5,12,20H,6-9,11H2,1H3,(H2,19,25,26)/b15-12-. The van der Waals surface area contributed by atoms with Gasteiger partial charge in [0.05, 0.1) is 4.90 Å². The van der Waals surface area contributed by atoms with E-state index in [2.05, 4.69) is 5.32 Å². The lowest BCUT2D eigenvalue weighted by Gasteiger charge is -2.34. The zero-order valence-corrected chi connectivity index (χ0v) is 15.7. The first-order chi connectivity index (χ1) is 12.7. The molecule has 10 heteroatoms. The highest BCUT2D eigenvalue weighted by molar-refractivity contribution is 7.89. The molecule has 1 aromatic rings. The van der Waals surface area contributed by atoms with Crippen molar-refractivity contribution in [2.75, 3.05) is 26.2 Å². The van der Waals surface area contributed by atoms with Crippen molar-refractivity contribution in [1.29, 1.82) is 5.26 Å². The first kappa shape index (κ1) is 20.4. The van der Waals surface area contributed by atoms with Gasteiger partial charge >= 0.3 is 0 Å². The van der Waals surface area contributed by atoms with Crippen molar-refractivity contribution in [2.24, 2.45) is 5.14 Å². The van der Waals surface area contributed by atoms with Gasteiger partial charge in [-0.2, -0.15) is 5.26 Å². The minimum atomic E-state index is -3.74. The van der Waals surface area contributed by atoms with Crippen LogP contribution in [0, 0.1) is 11.3 Å². The number of nitriles is 1. The van der Waals surface area contributed by atoms with Gasteiger partial charge in [-0.05, 0) is 17.7 Å². The Bertz CT molecular complexity index is 879. The Morgan fingerprint density at radius 1 is 1.19 bits per heavy atom. The average Bonchev–Trinajstić information content (AvgIpc) is 2.64. The van der Waals surface area contributed by atoms with Crippen molar-refractivity contribution in [3.63, 3.8) is 0 Å². The van der Waals surface area contributed by atoms with Crippen LogP contribution in [0.15, 0.2) is 40.9 Å². The minimum absolute atomic E-state index is 0.0133. The van der Waals surface area contributed by atoms with Crippen LogP contribution in [0.5, 0.6) is 0 Å². The fraction of sp³-hybridized carbons (Fsp3) is 0.353. The summed E-state index contributed by atoms with van der Waals surface area (Å²) >= 11 is 0. The summed E-state index contributed by atoms with van der Waals surface area (Å²) in [5, 5.41) is 17.2. The number of nitrogens with zero attached hydrogens (tertiary/aromatic N) is 3. The van der Waals surface area contributed by atoms with Crippen LogP contribution < -0.4 is 10.5 Å². The second-order valence-corrected chi connectivity index (χ2v) is 7.60. The molecule has 144 valence electrons. The Labute approximate surface area is 158 Å². The fourth-order valence-corrected chi connectivity index (χ4v) is 3.12. The largest absolute Gasteiger partial charge is 0.386 e. The maximum Gasteiger partial charge on any atom is 0.266 e. The molecule has 27 heavy (non-hydrogen) atoms. The van der Waals surface area contributed by atoms with Crippen LogP contribution in [0.25, 0.3) is 0 Å². The van der Waals surface area contributed by atoms with E-state index >= 15 is 0 Å². The molecule has 1 aliphatic heterocycles. The highest BCUT2D eigenvalue weighted by Gasteiger charge is 2.24. The zero-order chi connectivity index (χ0) is 20.0. The van der Waals surface area contributed by atoms with Gasteiger partial charge < -0.3 is 15.1 Å². The van der Waals surface area contributed by atoms with Crippen LogP contribution in [0.2, 0.25) is 0 Å². The number of nitrogens with one attached hydrogen (secondary N) is 1. The Kier molecular flexibility index (Phi) is 6.55. The minimum Gasteiger partial charge on any atom is -0.386 e. The average molecular weight is 391 g/mol. The molecule has 2 amide bonds. The molecule has 0 spiro atoms. The van der Waals surface area contributed by atoms with Gasteiger partial charge in [-0.3, -0.25) is 9.59 Å². The van der Waals surface area contributed by atoms with Crippen LogP contribution in [-0.4, -0.2) is 56.2 Å². The third kappa shape index (κ3) is 5.54. The lowest BCUT2D eigenvalue weighted by molar-refractivity contribution is -0.136. The first-order valence-corrected chi connectivity index (χ1v) is 9.77. The summed E-state index contributed by atoms with van der Waals surface area (Å²) in [5.74, 6) is -0.425. The van der Waals surface area contributed by atoms with Gasteiger partial charge in [0, 0.05) is 45.8 Å². The van der Waals surface area contributed by atoms with E-state index in [4.69, 9.17) is 5.14 Å². The summed E-state index contributed by atoms with van der Waals surface area (Å²) < 4.78 is 22.4. The summed E-state index contributed by atoms with van der Waals surface area (Å²) in [7, 11) is -3.74. The molecule has 0 unspecified atom stereocenters. The predicted octanol–water partition coefficient (Wildman–Crippen LogP) is -0.478. The number of carbonyl (C=O) groups is 2. The number of amides is 2. The fourth-order valence-electron chi connectivity index (χ4n) is 2.60. The Morgan fingerprint density at radius 2 is 1.74 bits per heavy atom. The van der Waals surface area contributed by atoms with E-state index in [1.54, 1.807) is 17.0 Å². The van der Waals surface area contributed by atoms with E-state index in [1.807, 2.05) is 6.07 Å². The smallest absolute Gasteiger partial charge is 0.266 e. The SMILES string of the molecule is CC(=O)N1CCN(C(=O)/C(C#N)=C\NCc2ccc(S(N)(=O)=O)cc2)CC1. The summed E-state index contributed by atoms with van der Waals surface area (Å²) in [6.45, 7) is 3.45. The Balaban J connectivity index is 1.93. The van der Waals surface area contributed by atoms with E-state index in [9.17, 15) is 23.3 Å². The van der Waals surface area contributed by atoms with Gasteiger partial charge in [0.25, 0.3) is 5.91 Å². The van der Waals surface area contributed by atoms with E-state index in [0.717, 1.165) is 5.56 Å². The van der Waals surface area contributed by atoms with E-state index < -0.39 is 15.9 Å². The number of carbonyl (C=O) groups excluding carboxylic acids is 2. The summed E-state index contributed by atoms with van der Waals surface area (Å²) in [4.78, 5) is 26.9. The highest BCUT2D eigenvalue weighted by Crippen LogP contribution is 2.09. The second kappa shape index (κ2) is 8.66. The molecule has 0 atom stereocenters. The third-order valence-corrected chi connectivity index (χ3v) is 5.10. The van der Waals surface area contributed by atoms with Crippen LogP contribution in [0.1, 0.15) is 12.5 Å². The van der Waals surface area contributed by atoms with Crippen LogP contribution in [0.4, 0.5) is 0 Å². The normalized spacial score (nSPS) is 15.2. The molecule has 3 N–H and O–H groups in total. The van der Waals surface area contributed by atoms with Crippen molar-refractivity contribution in [1.82, 2.24) is 15.1 Å². The number of nitrogens with two attached hydrogens (primary N) is 1. The molecule has 0 saturated carbocycles. The van der Waals surface area contributed by atoms with E-state index in [0.29, 0.717) is 32.7 Å². The van der Waals surface area contributed by atoms with Crippen molar-refractivity contribution in [2.45, 2.75) is 18.4 Å². The van der Waals surface area contributed by atoms with Crippen LogP contribution in [-0.2, 0) is 26.2 Å². The molecule has 0 radical (unpaired) electrons. The highest BCUT2D eigenvalue weighted by atomic mass is 32.2. The maximum atomic E-state index is 12.4. The predicted molar refractivity (Wildman–Crippen MR) is 97.2 cm³/mol. The summed E-state index contributed by atoms with van der Waals surface area (Å²) in [6.07, 6.45) is 1.34. The molecule has 1 aromatic carbocycles. The number of primary sulfonamides is 1. The van der Waals surface area contributed by atoms with E-state index in [-0.39, 0.29) is 16.4 Å². The van der Waals surface area contributed by atoms with Gasteiger partial charge in [0.2, 0.25) is 15.9 Å². The monoisotopic (exact) mass is 391 g/mol.